The summed E-state index contributed by atoms with van der Waals surface area (Å²) in [6.07, 6.45) is 2.63. The number of hydrogen-bond acceptors (Lipinski definition) is 2. The molecule has 3 amide bonds. The van der Waals surface area contributed by atoms with Crippen molar-refractivity contribution in [3.05, 3.63) is 71.0 Å². The van der Waals surface area contributed by atoms with Crippen molar-refractivity contribution >= 4 is 11.9 Å². The number of urea groups is 1. The second-order valence-corrected chi connectivity index (χ2v) is 7.81. The van der Waals surface area contributed by atoms with E-state index in [1.807, 2.05) is 0 Å². The Morgan fingerprint density at radius 2 is 1.86 bits per heavy atom. The van der Waals surface area contributed by atoms with E-state index in [2.05, 4.69) is 41.8 Å². The maximum absolute atomic E-state index is 13.3. The Balaban J connectivity index is 1.50. The molecule has 1 saturated heterocycles. The molecular weight excluding hydrogens is 357 g/mol. The molecule has 2 fully saturated rings. The molecule has 2 aromatic rings. The molecule has 0 aromatic heterocycles. The Kier molecular flexibility index (Phi) is 4.79. The third-order valence-electron chi connectivity index (χ3n) is 5.55. The zero-order valence-electron chi connectivity index (χ0n) is 15.9. The monoisotopic (exact) mass is 381 g/mol. The molecular formula is C22H24FN3O2. The first-order valence-electron chi connectivity index (χ1n) is 9.63. The van der Waals surface area contributed by atoms with Crippen LogP contribution in [-0.4, -0.2) is 35.5 Å². The van der Waals surface area contributed by atoms with E-state index >= 15 is 0 Å². The third-order valence-corrected chi connectivity index (χ3v) is 5.55. The molecule has 6 heteroatoms. The van der Waals surface area contributed by atoms with Crippen molar-refractivity contribution in [2.75, 3.05) is 13.1 Å². The minimum absolute atomic E-state index is 0.239. The molecule has 4 rings (SSSR count). The molecule has 5 nitrogen and oxygen atoms in total. The Hall–Kier alpha value is -2.89. The van der Waals surface area contributed by atoms with Gasteiger partial charge in [-0.05, 0) is 49.4 Å². The first-order valence-corrected chi connectivity index (χ1v) is 9.63. The number of aryl methyl sites for hydroxylation is 1. The fraction of sp³-hybridized carbons (Fsp3) is 0.364. The summed E-state index contributed by atoms with van der Waals surface area (Å²) in [4.78, 5) is 27.1. The summed E-state index contributed by atoms with van der Waals surface area (Å²) < 4.78 is 13.3. The molecule has 28 heavy (non-hydrogen) atoms. The van der Waals surface area contributed by atoms with Crippen molar-refractivity contribution in [3.8, 4) is 0 Å². The number of carbonyl (C=O) groups is 2. The lowest BCUT2D eigenvalue weighted by molar-refractivity contribution is -0.127. The Bertz CT molecular complexity index is 876. The second kappa shape index (κ2) is 7.26. The summed E-state index contributed by atoms with van der Waals surface area (Å²) in [5.41, 5.74) is 2.76. The van der Waals surface area contributed by atoms with Crippen LogP contribution >= 0.6 is 0 Å². The van der Waals surface area contributed by atoms with Gasteiger partial charge in [0.25, 0.3) is 0 Å². The fourth-order valence-electron chi connectivity index (χ4n) is 3.75. The van der Waals surface area contributed by atoms with Gasteiger partial charge in [0.05, 0.1) is 0 Å². The minimum Gasteiger partial charge on any atom is -0.352 e. The number of rotatable bonds is 4. The van der Waals surface area contributed by atoms with Crippen molar-refractivity contribution in [1.82, 2.24) is 15.5 Å². The molecule has 1 atom stereocenters. The van der Waals surface area contributed by atoms with Gasteiger partial charge in [0, 0.05) is 18.6 Å². The minimum atomic E-state index is -0.746. The highest BCUT2D eigenvalue weighted by atomic mass is 19.1. The predicted octanol–water partition coefficient (Wildman–Crippen LogP) is 3.09. The Morgan fingerprint density at radius 1 is 1.18 bits per heavy atom. The van der Waals surface area contributed by atoms with Gasteiger partial charge in [0.1, 0.15) is 11.9 Å². The van der Waals surface area contributed by atoms with Gasteiger partial charge in [-0.25, -0.2) is 9.18 Å². The molecule has 2 aromatic carbocycles. The normalized spacial score (nSPS) is 20.4. The van der Waals surface area contributed by atoms with Crippen molar-refractivity contribution in [2.24, 2.45) is 0 Å². The van der Waals surface area contributed by atoms with E-state index in [4.69, 9.17) is 0 Å². The van der Waals surface area contributed by atoms with Crippen LogP contribution in [0.4, 0.5) is 9.18 Å². The summed E-state index contributed by atoms with van der Waals surface area (Å²) >= 11 is 0. The highest BCUT2D eigenvalue weighted by Crippen LogP contribution is 2.39. The van der Waals surface area contributed by atoms with E-state index in [0.717, 1.165) is 19.3 Å². The number of benzene rings is 2. The smallest absolute Gasteiger partial charge is 0.318 e. The average Bonchev–Trinajstić information content (AvgIpc) is 3.43. The molecule has 1 saturated carbocycles. The first kappa shape index (κ1) is 18.5. The van der Waals surface area contributed by atoms with Crippen LogP contribution in [0, 0.1) is 12.7 Å². The molecule has 1 aliphatic heterocycles. The van der Waals surface area contributed by atoms with Gasteiger partial charge in [0.2, 0.25) is 5.91 Å². The molecule has 1 aliphatic carbocycles. The number of nitrogens with one attached hydrogen (secondary N) is 2. The standard InChI is InChI=1S/C22H24FN3O2/c1-15-2-4-16(5-3-15)14-22(10-11-22)25-21(28)26-13-12-24-20(27)19(26)17-6-8-18(23)9-7-17/h2-9,19H,10-14H2,1H3,(H,24,27)(H,25,28). The van der Waals surface area contributed by atoms with E-state index in [0.29, 0.717) is 18.7 Å². The molecule has 1 heterocycles. The van der Waals surface area contributed by atoms with Gasteiger partial charge in [-0.1, -0.05) is 42.0 Å². The maximum Gasteiger partial charge on any atom is 0.318 e. The van der Waals surface area contributed by atoms with Crippen LogP contribution in [0.5, 0.6) is 0 Å². The van der Waals surface area contributed by atoms with Crippen molar-refractivity contribution in [2.45, 2.75) is 37.8 Å². The van der Waals surface area contributed by atoms with E-state index in [1.165, 1.54) is 23.3 Å². The van der Waals surface area contributed by atoms with Crippen molar-refractivity contribution in [3.63, 3.8) is 0 Å². The lowest BCUT2D eigenvalue weighted by atomic mass is 10.0. The fourth-order valence-corrected chi connectivity index (χ4v) is 3.75. The summed E-state index contributed by atoms with van der Waals surface area (Å²) in [7, 11) is 0. The van der Waals surface area contributed by atoms with Gasteiger partial charge in [-0.2, -0.15) is 0 Å². The largest absolute Gasteiger partial charge is 0.352 e. The van der Waals surface area contributed by atoms with Crippen LogP contribution in [0.15, 0.2) is 48.5 Å². The molecule has 2 N–H and O–H groups in total. The lowest BCUT2D eigenvalue weighted by Crippen LogP contribution is -2.56. The summed E-state index contributed by atoms with van der Waals surface area (Å²) in [5.74, 6) is -0.609. The number of halogens is 1. The average molecular weight is 381 g/mol. The number of nitrogens with zero attached hydrogens (tertiary/aromatic N) is 1. The summed E-state index contributed by atoms with van der Waals surface area (Å²) in [5, 5.41) is 5.96. The zero-order chi connectivity index (χ0) is 19.7. The quantitative estimate of drug-likeness (QED) is 0.855. The van der Waals surface area contributed by atoms with Crippen LogP contribution in [-0.2, 0) is 11.2 Å². The molecule has 2 aliphatic rings. The van der Waals surface area contributed by atoms with Crippen molar-refractivity contribution in [1.29, 1.82) is 0 Å². The Labute approximate surface area is 163 Å². The van der Waals surface area contributed by atoms with Gasteiger partial charge in [0.15, 0.2) is 0 Å². The zero-order valence-corrected chi connectivity index (χ0v) is 15.9. The van der Waals surface area contributed by atoms with Gasteiger partial charge in [-0.15, -0.1) is 0 Å². The van der Waals surface area contributed by atoms with E-state index in [1.54, 1.807) is 17.0 Å². The van der Waals surface area contributed by atoms with Crippen LogP contribution in [0.2, 0.25) is 0 Å². The molecule has 0 bridgehead atoms. The number of carbonyl (C=O) groups excluding carboxylic acids is 2. The number of hydrogen-bond donors (Lipinski definition) is 2. The molecule has 1 unspecified atom stereocenters. The van der Waals surface area contributed by atoms with Crippen LogP contribution in [0.1, 0.15) is 35.6 Å². The number of amides is 3. The van der Waals surface area contributed by atoms with E-state index in [9.17, 15) is 14.0 Å². The van der Waals surface area contributed by atoms with E-state index < -0.39 is 6.04 Å². The van der Waals surface area contributed by atoms with Gasteiger partial charge < -0.3 is 15.5 Å². The summed E-state index contributed by atoms with van der Waals surface area (Å²) in [6, 6.07) is 13.1. The molecule has 0 spiro atoms. The van der Waals surface area contributed by atoms with Crippen LogP contribution in [0.3, 0.4) is 0 Å². The summed E-state index contributed by atoms with van der Waals surface area (Å²) in [6.45, 7) is 2.88. The Morgan fingerprint density at radius 3 is 2.50 bits per heavy atom. The maximum atomic E-state index is 13.3. The molecule has 146 valence electrons. The topological polar surface area (TPSA) is 61.4 Å². The van der Waals surface area contributed by atoms with Crippen molar-refractivity contribution < 1.29 is 14.0 Å². The highest BCUT2D eigenvalue weighted by Gasteiger charge is 2.46. The first-order chi connectivity index (χ1) is 13.5. The number of piperazine rings is 1. The third kappa shape index (κ3) is 3.86. The lowest BCUT2D eigenvalue weighted by Gasteiger charge is -2.36. The van der Waals surface area contributed by atoms with Gasteiger partial charge in [-0.3, -0.25) is 4.79 Å². The highest BCUT2D eigenvalue weighted by molar-refractivity contribution is 5.89. The SMILES string of the molecule is Cc1ccc(CC2(NC(=O)N3CCNC(=O)C3c3ccc(F)cc3)CC2)cc1. The predicted molar refractivity (Wildman–Crippen MR) is 104 cm³/mol. The van der Waals surface area contributed by atoms with Crippen LogP contribution < -0.4 is 10.6 Å². The molecule has 0 radical (unpaired) electrons. The van der Waals surface area contributed by atoms with Crippen LogP contribution in [0.25, 0.3) is 0 Å². The second-order valence-electron chi connectivity index (χ2n) is 7.81. The van der Waals surface area contributed by atoms with Gasteiger partial charge >= 0.3 is 6.03 Å². The van der Waals surface area contributed by atoms with E-state index in [-0.39, 0.29) is 23.3 Å².